The molecule has 0 aliphatic heterocycles. The molecular weight excluding hydrogens is 410 g/mol. The Morgan fingerprint density at radius 3 is 2.42 bits per heavy atom. The average Bonchev–Trinajstić information content (AvgIpc) is 3.21. The monoisotopic (exact) mass is 435 g/mol. The summed E-state index contributed by atoms with van der Waals surface area (Å²) in [4.78, 5) is 17.1. The lowest BCUT2D eigenvalue weighted by molar-refractivity contribution is 0.0526. The van der Waals surface area contributed by atoms with Gasteiger partial charge in [0.15, 0.2) is 0 Å². The van der Waals surface area contributed by atoms with Gasteiger partial charge in [0.2, 0.25) is 0 Å². The maximum atomic E-state index is 12.5. The summed E-state index contributed by atoms with van der Waals surface area (Å²) in [6.07, 6.45) is 1.88. The Hall–Kier alpha value is -3.99. The number of hydrogen-bond acceptors (Lipinski definition) is 4. The summed E-state index contributed by atoms with van der Waals surface area (Å²) in [5, 5.41) is 6.85. The Kier molecular flexibility index (Phi) is 5.17. The number of carbonyl (C=O) groups is 1. The summed E-state index contributed by atoms with van der Waals surface area (Å²) in [6.45, 7) is 8.41. The Morgan fingerprint density at radius 2 is 1.70 bits per heavy atom. The van der Waals surface area contributed by atoms with Gasteiger partial charge in [-0.2, -0.15) is 5.10 Å². The molecule has 0 fully saturated rings. The summed E-state index contributed by atoms with van der Waals surface area (Å²) in [5.41, 5.74) is 8.69. The second kappa shape index (κ2) is 8.17. The summed E-state index contributed by atoms with van der Waals surface area (Å²) in [6, 6.07) is 20.2. The van der Waals surface area contributed by atoms with E-state index in [1.165, 1.54) is 16.7 Å². The van der Waals surface area contributed by atoms with Crippen LogP contribution in [0.25, 0.3) is 38.8 Å². The molecule has 5 aromatic rings. The number of rotatable bonds is 4. The zero-order chi connectivity index (χ0) is 23.1. The van der Waals surface area contributed by atoms with E-state index in [9.17, 15) is 4.79 Å². The molecule has 0 N–H and O–H groups in total. The van der Waals surface area contributed by atoms with Gasteiger partial charge in [0, 0.05) is 22.5 Å². The number of benzene rings is 3. The number of fused-ring (bicyclic) bond motifs is 3. The molecule has 0 aliphatic carbocycles. The predicted octanol–water partition coefficient (Wildman–Crippen LogP) is 6.34. The number of ether oxygens (including phenoxy) is 1. The summed E-state index contributed by atoms with van der Waals surface area (Å²) < 4.78 is 7.20. The molecule has 5 nitrogen and oxygen atoms in total. The van der Waals surface area contributed by atoms with Crippen molar-refractivity contribution in [3.05, 3.63) is 89.1 Å². The van der Waals surface area contributed by atoms with Crippen LogP contribution in [0.2, 0.25) is 0 Å². The van der Waals surface area contributed by atoms with Gasteiger partial charge >= 0.3 is 5.97 Å². The fourth-order valence-corrected chi connectivity index (χ4v) is 4.09. The zero-order valence-electron chi connectivity index (χ0n) is 19.2. The van der Waals surface area contributed by atoms with E-state index >= 15 is 0 Å². The van der Waals surface area contributed by atoms with E-state index in [0.717, 1.165) is 38.8 Å². The minimum atomic E-state index is -0.340. The van der Waals surface area contributed by atoms with Gasteiger partial charge in [0.05, 0.1) is 28.9 Å². The highest BCUT2D eigenvalue weighted by Crippen LogP contribution is 2.34. The molecule has 3 aromatic carbocycles. The first-order valence-electron chi connectivity index (χ1n) is 11.1. The van der Waals surface area contributed by atoms with Crippen molar-refractivity contribution in [3.8, 4) is 16.9 Å². The molecule has 0 radical (unpaired) electrons. The molecule has 0 spiro atoms. The van der Waals surface area contributed by atoms with Gasteiger partial charge in [-0.05, 0) is 69.2 Å². The fourth-order valence-electron chi connectivity index (χ4n) is 4.09. The largest absolute Gasteiger partial charge is 0.462 e. The van der Waals surface area contributed by atoms with E-state index in [1.54, 1.807) is 13.0 Å². The van der Waals surface area contributed by atoms with E-state index in [2.05, 4.69) is 63.2 Å². The first-order chi connectivity index (χ1) is 16.0. The molecule has 0 aliphatic rings. The molecule has 2 aromatic heterocycles. The molecule has 0 amide bonds. The normalized spacial score (nSPS) is 11.3. The Bertz CT molecular complexity index is 1510. The van der Waals surface area contributed by atoms with Crippen LogP contribution in [-0.2, 0) is 4.74 Å². The molecule has 0 bridgehead atoms. The van der Waals surface area contributed by atoms with Crippen LogP contribution >= 0.6 is 0 Å². The number of aromatic nitrogens is 3. The number of carbonyl (C=O) groups excluding carboxylic acids is 1. The van der Waals surface area contributed by atoms with Crippen LogP contribution in [0.4, 0.5) is 0 Å². The van der Waals surface area contributed by atoms with Crippen LogP contribution in [0.15, 0.2) is 66.9 Å². The molecule has 2 heterocycles. The van der Waals surface area contributed by atoms with E-state index in [1.807, 2.05) is 23.0 Å². The molecular formula is C28H25N3O2. The van der Waals surface area contributed by atoms with Gasteiger partial charge in [0.1, 0.15) is 5.69 Å². The fraction of sp³-hybridized carbons (Fsp3) is 0.179. The molecule has 0 atom stereocenters. The lowest BCUT2D eigenvalue weighted by Crippen LogP contribution is -2.04. The second-order valence-corrected chi connectivity index (χ2v) is 8.37. The Balaban J connectivity index is 1.85. The van der Waals surface area contributed by atoms with Crippen molar-refractivity contribution in [1.82, 2.24) is 14.8 Å². The third kappa shape index (κ3) is 3.65. The van der Waals surface area contributed by atoms with Crippen molar-refractivity contribution in [2.45, 2.75) is 27.7 Å². The second-order valence-electron chi connectivity index (χ2n) is 8.37. The minimum Gasteiger partial charge on any atom is -0.462 e. The highest BCUT2D eigenvalue weighted by atomic mass is 16.5. The van der Waals surface area contributed by atoms with Crippen LogP contribution < -0.4 is 0 Å². The van der Waals surface area contributed by atoms with E-state index in [0.29, 0.717) is 12.2 Å². The number of pyridine rings is 1. The topological polar surface area (TPSA) is 57.0 Å². The van der Waals surface area contributed by atoms with Gasteiger partial charge in [-0.15, -0.1) is 0 Å². The Labute approximate surface area is 192 Å². The summed E-state index contributed by atoms with van der Waals surface area (Å²) in [5.74, 6) is -0.340. The van der Waals surface area contributed by atoms with Crippen LogP contribution in [0, 0.1) is 20.8 Å². The molecule has 164 valence electrons. The molecule has 0 unspecified atom stereocenters. The van der Waals surface area contributed by atoms with Crippen molar-refractivity contribution >= 4 is 27.8 Å². The summed E-state index contributed by atoms with van der Waals surface area (Å²) in [7, 11) is 0. The predicted molar refractivity (Wildman–Crippen MR) is 132 cm³/mol. The molecule has 33 heavy (non-hydrogen) atoms. The van der Waals surface area contributed by atoms with Crippen molar-refractivity contribution in [2.24, 2.45) is 0 Å². The van der Waals surface area contributed by atoms with Crippen LogP contribution in [-0.4, -0.2) is 27.3 Å². The highest BCUT2D eigenvalue weighted by Gasteiger charge is 2.19. The van der Waals surface area contributed by atoms with Gasteiger partial charge in [-0.1, -0.05) is 35.9 Å². The molecule has 5 rings (SSSR count). The first-order valence-corrected chi connectivity index (χ1v) is 11.1. The minimum absolute atomic E-state index is 0.331. The highest BCUT2D eigenvalue weighted by molar-refractivity contribution is 6.10. The van der Waals surface area contributed by atoms with Gasteiger partial charge in [0.25, 0.3) is 0 Å². The quantitative estimate of drug-likeness (QED) is 0.309. The van der Waals surface area contributed by atoms with Crippen molar-refractivity contribution in [2.75, 3.05) is 6.61 Å². The molecule has 0 saturated carbocycles. The molecule has 0 saturated heterocycles. The van der Waals surface area contributed by atoms with E-state index in [-0.39, 0.29) is 5.97 Å². The maximum absolute atomic E-state index is 12.5. The van der Waals surface area contributed by atoms with Crippen LogP contribution in [0.3, 0.4) is 0 Å². The van der Waals surface area contributed by atoms with Crippen molar-refractivity contribution in [1.29, 1.82) is 0 Å². The standard InChI is InChI=1S/C28H25N3O2/c1-5-33-28(32)21-11-13-25-23(15-21)27-24(16-29-25)26(20-9-6-17(2)7-10-20)30-31(27)22-12-8-18(3)19(4)14-22/h6-16H,5H2,1-4H3. The summed E-state index contributed by atoms with van der Waals surface area (Å²) >= 11 is 0. The van der Waals surface area contributed by atoms with Crippen LogP contribution in [0.5, 0.6) is 0 Å². The third-order valence-electron chi connectivity index (χ3n) is 6.08. The number of aryl methyl sites for hydroxylation is 3. The SMILES string of the molecule is CCOC(=O)c1ccc2ncc3c(-c4ccc(C)cc4)nn(-c4ccc(C)c(C)c4)c3c2c1. The smallest absolute Gasteiger partial charge is 0.338 e. The van der Waals surface area contributed by atoms with E-state index < -0.39 is 0 Å². The maximum Gasteiger partial charge on any atom is 0.338 e. The third-order valence-corrected chi connectivity index (χ3v) is 6.08. The van der Waals surface area contributed by atoms with Gasteiger partial charge in [-0.25, -0.2) is 9.48 Å². The van der Waals surface area contributed by atoms with Crippen molar-refractivity contribution in [3.63, 3.8) is 0 Å². The molecule has 5 heteroatoms. The first kappa shape index (κ1) is 20.9. The Morgan fingerprint density at radius 1 is 0.909 bits per heavy atom. The number of hydrogen-bond donors (Lipinski definition) is 0. The zero-order valence-corrected chi connectivity index (χ0v) is 19.2. The van der Waals surface area contributed by atoms with E-state index in [4.69, 9.17) is 14.8 Å². The number of nitrogens with zero attached hydrogens (tertiary/aromatic N) is 3. The van der Waals surface area contributed by atoms with Crippen molar-refractivity contribution < 1.29 is 9.53 Å². The average molecular weight is 436 g/mol. The van der Waals surface area contributed by atoms with Gasteiger partial charge < -0.3 is 4.74 Å². The van der Waals surface area contributed by atoms with Crippen LogP contribution in [0.1, 0.15) is 34.0 Å². The number of esters is 1. The lowest BCUT2D eigenvalue weighted by atomic mass is 10.0. The van der Waals surface area contributed by atoms with Gasteiger partial charge in [-0.3, -0.25) is 4.98 Å². The lowest BCUT2D eigenvalue weighted by Gasteiger charge is -2.09.